The monoisotopic (exact) mass is 302 g/mol. The van der Waals surface area contributed by atoms with Crippen LogP contribution in [0.15, 0.2) is 24.3 Å². The van der Waals surface area contributed by atoms with Crippen molar-refractivity contribution in [2.75, 3.05) is 18.5 Å². The second-order valence-electron chi connectivity index (χ2n) is 4.38. The molecular weight excluding hydrogens is 287 g/mol. The lowest BCUT2D eigenvalue weighted by atomic mass is 10.0. The summed E-state index contributed by atoms with van der Waals surface area (Å²) >= 11 is 9.41. The number of benzene rings is 1. The van der Waals surface area contributed by atoms with Crippen LogP contribution in [-0.2, 0) is 4.74 Å². The number of rotatable bonds is 6. The fourth-order valence-electron chi connectivity index (χ4n) is 1.63. The quantitative estimate of drug-likeness (QED) is 0.714. The largest absolute Gasteiger partial charge is 0.380 e. The summed E-state index contributed by atoms with van der Waals surface area (Å²) < 4.78 is 5.73. The number of alkyl halides is 1. The van der Waals surface area contributed by atoms with Crippen molar-refractivity contribution in [2.24, 2.45) is 5.92 Å². The molecule has 1 nitrogen and oxygen atoms in total. The standard InChI is InChI=1S/C13H16BrClO/c14-7-12(9-16-8-10-1-2-10)11-3-5-13(15)6-4-11/h3-6,10,12H,1-2,7-9H2. The summed E-state index contributed by atoms with van der Waals surface area (Å²) in [7, 11) is 0. The van der Waals surface area contributed by atoms with Crippen molar-refractivity contribution in [3.05, 3.63) is 34.9 Å². The van der Waals surface area contributed by atoms with Gasteiger partial charge in [0.25, 0.3) is 0 Å². The van der Waals surface area contributed by atoms with Gasteiger partial charge in [-0.15, -0.1) is 0 Å². The third kappa shape index (κ3) is 3.76. The first-order valence-corrected chi connectivity index (χ1v) is 7.18. The maximum absolute atomic E-state index is 5.87. The normalized spacial score (nSPS) is 17.4. The van der Waals surface area contributed by atoms with E-state index >= 15 is 0 Å². The lowest BCUT2D eigenvalue weighted by Gasteiger charge is -2.14. The molecule has 0 amide bonds. The van der Waals surface area contributed by atoms with E-state index in [-0.39, 0.29) is 0 Å². The molecule has 0 aliphatic heterocycles. The van der Waals surface area contributed by atoms with Crippen molar-refractivity contribution in [1.82, 2.24) is 0 Å². The van der Waals surface area contributed by atoms with Crippen LogP contribution in [0.4, 0.5) is 0 Å². The molecule has 0 N–H and O–H groups in total. The molecule has 0 heterocycles. The zero-order valence-electron chi connectivity index (χ0n) is 9.16. The molecule has 0 spiro atoms. The van der Waals surface area contributed by atoms with Gasteiger partial charge in [0.05, 0.1) is 6.61 Å². The first-order valence-electron chi connectivity index (χ1n) is 5.68. The Morgan fingerprint density at radius 1 is 1.31 bits per heavy atom. The molecule has 3 heteroatoms. The van der Waals surface area contributed by atoms with Crippen LogP contribution in [0, 0.1) is 5.92 Å². The average Bonchev–Trinajstić information content (AvgIpc) is 3.10. The molecule has 1 aliphatic carbocycles. The van der Waals surface area contributed by atoms with Gasteiger partial charge in [-0.25, -0.2) is 0 Å². The SMILES string of the molecule is Clc1ccc(C(CBr)COCC2CC2)cc1. The first-order chi connectivity index (χ1) is 7.79. The van der Waals surface area contributed by atoms with Crippen molar-refractivity contribution in [3.8, 4) is 0 Å². The fourth-order valence-corrected chi connectivity index (χ4v) is 2.31. The summed E-state index contributed by atoms with van der Waals surface area (Å²) in [5.41, 5.74) is 1.29. The van der Waals surface area contributed by atoms with Gasteiger partial charge in [-0.3, -0.25) is 0 Å². The van der Waals surface area contributed by atoms with Crippen LogP contribution in [-0.4, -0.2) is 18.5 Å². The molecule has 0 aromatic heterocycles. The maximum Gasteiger partial charge on any atom is 0.0542 e. The van der Waals surface area contributed by atoms with Crippen LogP contribution in [0.5, 0.6) is 0 Å². The fraction of sp³-hybridized carbons (Fsp3) is 0.538. The van der Waals surface area contributed by atoms with Gasteiger partial charge in [0.15, 0.2) is 0 Å². The summed E-state index contributed by atoms with van der Waals surface area (Å²) in [6.07, 6.45) is 2.69. The highest BCUT2D eigenvalue weighted by Gasteiger charge is 2.21. The first kappa shape index (κ1) is 12.4. The Hall–Kier alpha value is -0.0500. The minimum atomic E-state index is 0.427. The number of hydrogen-bond acceptors (Lipinski definition) is 1. The zero-order chi connectivity index (χ0) is 11.4. The summed E-state index contributed by atoms with van der Waals surface area (Å²) in [6.45, 7) is 1.72. The van der Waals surface area contributed by atoms with Gasteiger partial charge in [-0.1, -0.05) is 39.7 Å². The molecule has 0 bridgehead atoms. The van der Waals surface area contributed by atoms with Crippen LogP contribution >= 0.6 is 27.5 Å². The molecule has 0 saturated heterocycles. The van der Waals surface area contributed by atoms with Crippen LogP contribution in [0.2, 0.25) is 5.02 Å². The highest BCUT2D eigenvalue weighted by Crippen LogP contribution is 2.29. The molecule has 88 valence electrons. The third-order valence-electron chi connectivity index (χ3n) is 2.90. The molecule has 1 aromatic rings. The number of hydrogen-bond donors (Lipinski definition) is 0. The van der Waals surface area contributed by atoms with E-state index in [9.17, 15) is 0 Å². The third-order valence-corrected chi connectivity index (χ3v) is 3.93. The smallest absolute Gasteiger partial charge is 0.0542 e. The Morgan fingerprint density at radius 2 is 2.00 bits per heavy atom. The number of ether oxygens (including phenoxy) is 1. The Morgan fingerprint density at radius 3 is 2.56 bits per heavy atom. The lowest BCUT2D eigenvalue weighted by Crippen LogP contribution is -2.10. The molecule has 1 fully saturated rings. The average molecular weight is 304 g/mol. The second-order valence-corrected chi connectivity index (χ2v) is 5.47. The molecule has 1 atom stereocenters. The molecule has 1 aromatic carbocycles. The Balaban J connectivity index is 1.84. The highest BCUT2D eigenvalue weighted by molar-refractivity contribution is 9.09. The predicted octanol–water partition coefficient (Wildman–Crippen LogP) is 4.25. The van der Waals surface area contributed by atoms with E-state index in [1.807, 2.05) is 12.1 Å². The second kappa shape index (κ2) is 6.04. The van der Waals surface area contributed by atoms with Gasteiger partial charge in [0.2, 0.25) is 0 Å². The van der Waals surface area contributed by atoms with Crippen LogP contribution in [0.1, 0.15) is 24.3 Å². The molecule has 1 unspecified atom stereocenters. The van der Waals surface area contributed by atoms with Gasteiger partial charge >= 0.3 is 0 Å². The van der Waals surface area contributed by atoms with E-state index in [1.165, 1.54) is 18.4 Å². The molecular formula is C13H16BrClO. The topological polar surface area (TPSA) is 9.23 Å². The van der Waals surface area contributed by atoms with E-state index in [0.717, 1.165) is 29.5 Å². The predicted molar refractivity (Wildman–Crippen MR) is 71.5 cm³/mol. The van der Waals surface area contributed by atoms with Crippen molar-refractivity contribution in [1.29, 1.82) is 0 Å². The Kier molecular flexibility index (Phi) is 4.68. The Bertz CT molecular complexity index is 321. The van der Waals surface area contributed by atoms with Gasteiger partial charge in [-0.2, -0.15) is 0 Å². The highest BCUT2D eigenvalue weighted by atomic mass is 79.9. The molecule has 1 aliphatic rings. The van der Waals surface area contributed by atoms with Crippen molar-refractivity contribution in [3.63, 3.8) is 0 Å². The van der Waals surface area contributed by atoms with Crippen molar-refractivity contribution in [2.45, 2.75) is 18.8 Å². The van der Waals surface area contributed by atoms with Gasteiger partial charge in [0, 0.05) is 22.9 Å². The maximum atomic E-state index is 5.87. The molecule has 1 saturated carbocycles. The van der Waals surface area contributed by atoms with Gasteiger partial charge in [0.1, 0.15) is 0 Å². The van der Waals surface area contributed by atoms with E-state index in [2.05, 4.69) is 28.1 Å². The van der Waals surface area contributed by atoms with E-state index in [0.29, 0.717) is 5.92 Å². The van der Waals surface area contributed by atoms with Crippen LogP contribution in [0.25, 0.3) is 0 Å². The number of halogens is 2. The zero-order valence-corrected chi connectivity index (χ0v) is 11.5. The van der Waals surface area contributed by atoms with Crippen molar-refractivity contribution >= 4 is 27.5 Å². The summed E-state index contributed by atoms with van der Waals surface area (Å²) in [5.74, 6) is 1.26. The Labute approximate surface area is 110 Å². The summed E-state index contributed by atoms with van der Waals surface area (Å²) in [6, 6.07) is 8.03. The molecule has 0 radical (unpaired) electrons. The summed E-state index contributed by atoms with van der Waals surface area (Å²) in [5, 5.41) is 1.72. The van der Waals surface area contributed by atoms with Crippen LogP contribution in [0.3, 0.4) is 0 Å². The lowest BCUT2D eigenvalue weighted by molar-refractivity contribution is 0.115. The molecule has 16 heavy (non-hydrogen) atoms. The summed E-state index contributed by atoms with van der Waals surface area (Å²) in [4.78, 5) is 0. The minimum Gasteiger partial charge on any atom is -0.380 e. The minimum absolute atomic E-state index is 0.427. The van der Waals surface area contributed by atoms with E-state index in [1.54, 1.807) is 0 Å². The van der Waals surface area contributed by atoms with Crippen molar-refractivity contribution < 1.29 is 4.74 Å². The van der Waals surface area contributed by atoms with Gasteiger partial charge < -0.3 is 4.74 Å². The van der Waals surface area contributed by atoms with E-state index < -0.39 is 0 Å². The molecule has 2 rings (SSSR count). The van der Waals surface area contributed by atoms with Gasteiger partial charge in [-0.05, 0) is 36.5 Å². The van der Waals surface area contributed by atoms with Crippen LogP contribution < -0.4 is 0 Å². The van der Waals surface area contributed by atoms with E-state index in [4.69, 9.17) is 16.3 Å².